The van der Waals surface area contributed by atoms with E-state index in [1.165, 1.54) is 5.56 Å². The molecule has 0 radical (unpaired) electrons. The maximum atomic E-state index is 12.3. The highest BCUT2D eigenvalue weighted by atomic mass is 16.5. The van der Waals surface area contributed by atoms with Gasteiger partial charge in [-0.1, -0.05) is 37.3 Å². The summed E-state index contributed by atoms with van der Waals surface area (Å²) in [6, 6.07) is 14.0. The number of methoxy groups -OCH3 is 3. The van der Waals surface area contributed by atoms with E-state index >= 15 is 0 Å². The molecular formula is C22H29NO4. The van der Waals surface area contributed by atoms with Crippen LogP contribution in [0.15, 0.2) is 42.5 Å². The first-order valence-corrected chi connectivity index (χ1v) is 9.23. The van der Waals surface area contributed by atoms with E-state index in [4.69, 9.17) is 14.2 Å². The Morgan fingerprint density at radius 2 is 1.63 bits per heavy atom. The molecule has 0 bridgehead atoms. The van der Waals surface area contributed by atoms with Crippen LogP contribution in [0.1, 0.15) is 36.8 Å². The molecule has 27 heavy (non-hydrogen) atoms. The Bertz CT molecular complexity index is 705. The van der Waals surface area contributed by atoms with E-state index in [1.54, 1.807) is 21.3 Å². The topological polar surface area (TPSA) is 56.8 Å². The van der Waals surface area contributed by atoms with Crippen molar-refractivity contribution in [2.24, 2.45) is 0 Å². The molecule has 0 spiro atoms. The predicted molar refractivity (Wildman–Crippen MR) is 107 cm³/mol. The Morgan fingerprint density at radius 1 is 1.00 bits per heavy atom. The largest absolute Gasteiger partial charge is 0.493 e. The van der Waals surface area contributed by atoms with Crippen molar-refractivity contribution in [1.29, 1.82) is 0 Å². The standard InChI is InChI=1S/C22H29NO4/c1-5-17(18-9-7-6-8-10-18)15-23-21(24)12-11-16-13-19(25-2)22(27-4)20(14-16)26-3/h6-10,13-14,17H,5,11-12,15H2,1-4H3,(H,23,24). The van der Waals surface area contributed by atoms with Crippen molar-refractivity contribution in [2.45, 2.75) is 32.1 Å². The number of ether oxygens (including phenoxy) is 3. The summed E-state index contributed by atoms with van der Waals surface area (Å²) in [7, 11) is 4.74. The number of aryl methyl sites for hydroxylation is 1. The third-order valence-corrected chi connectivity index (χ3v) is 4.67. The third kappa shape index (κ3) is 5.64. The normalized spacial score (nSPS) is 11.6. The molecule has 5 heteroatoms. The number of amides is 1. The molecule has 1 atom stereocenters. The number of hydrogen-bond acceptors (Lipinski definition) is 4. The average molecular weight is 371 g/mol. The van der Waals surface area contributed by atoms with Crippen molar-refractivity contribution in [2.75, 3.05) is 27.9 Å². The van der Waals surface area contributed by atoms with Crippen molar-refractivity contribution < 1.29 is 19.0 Å². The number of rotatable bonds is 10. The van der Waals surface area contributed by atoms with E-state index in [-0.39, 0.29) is 5.91 Å². The zero-order chi connectivity index (χ0) is 19.6. The second-order valence-electron chi connectivity index (χ2n) is 6.35. The minimum Gasteiger partial charge on any atom is -0.493 e. The Morgan fingerprint density at radius 3 is 2.15 bits per heavy atom. The smallest absolute Gasteiger partial charge is 0.220 e. The van der Waals surface area contributed by atoms with Crippen molar-refractivity contribution in [3.63, 3.8) is 0 Å². The maximum Gasteiger partial charge on any atom is 0.220 e. The number of carbonyl (C=O) groups is 1. The quantitative estimate of drug-likeness (QED) is 0.687. The Kier molecular flexibility index (Phi) is 7.99. The molecule has 2 rings (SSSR count). The Hall–Kier alpha value is -2.69. The number of carbonyl (C=O) groups excluding carboxylic acids is 1. The first-order valence-electron chi connectivity index (χ1n) is 9.23. The summed E-state index contributed by atoms with van der Waals surface area (Å²) < 4.78 is 16.1. The van der Waals surface area contributed by atoms with E-state index < -0.39 is 0 Å². The van der Waals surface area contributed by atoms with Gasteiger partial charge in [-0.25, -0.2) is 0 Å². The van der Waals surface area contributed by atoms with Crippen LogP contribution in [0.3, 0.4) is 0 Å². The highest BCUT2D eigenvalue weighted by Gasteiger charge is 2.15. The summed E-state index contributed by atoms with van der Waals surface area (Å²) in [5.74, 6) is 2.13. The van der Waals surface area contributed by atoms with E-state index in [1.807, 2.05) is 30.3 Å². The fourth-order valence-corrected chi connectivity index (χ4v) is 3.09. The lowest BCUT2D eigenvalue weighted by Gasteiger charge is -2.16. The predicted octanol–water partition coefficient (Wildman–Crippen LogP) is 3.96. The van der Waals surface area contributed by atoms with Gasteiger partial charge in [-0.2, -0.15) is 0 Å². The van der Waals surface area contributed by atoms with Gasteiger partial charge in [-0.15, -0.1) is 0 Å². The fourth-order valence-electron chi connectivity index (χ4n) is 3.09. The Balaban J connectivity index is 1.93. The maximum absolute atomic E-state index is 12.3. The molecule has 0 saturated heterocycles. The van der Waals surface area contributed by atoms with Crippen molar-refractivity contribution in [3.8, 4) is 17.2 Å². The second-order valence-corrected chi connectivity index (χ2v) is 6.35. The summed E-state index contributed by atoms with van der Waals surface area (Å²) in [6.45, 7) is 2.79. The fraction of sp³-hybridized carbons (Fsp3) is 0.409. The van der Waals surface area contributed by atoms with Crippen LogP contribution >= 0.6 is 0 Å². The van der Waals surface area contributed by atoms with E-state index in [0.29, 0.717) is 42.6 Å². The molecule has 1 amide bonds. The van der Waals surface area contributed by atoms with Crippen molar-refractivity contribution >= 4 is 5.91 Å². The molecular weight excluding hydrogens is 342 g/mol. The first-order chi connectivity index (χ1) is 13.1. The van der Waals surface area contributed by atoms with Crippen molar-refractivity contribution in [1.82, 2.24) is 5.32 Å². The summed E-state index contributed by atoms with van der Waals surface area (Å²) in [5, 5.41) is 3.06. The molecule has 0 heterocycles. The highest BCUT2D eigenvalue weighted by Crippen LogP contribution is 2.38. The molecule has 0 fully saturated rings. The average Bonchev–Trinajstić information content (AvgIpc) is 2.72. The molecule has 5 nitrogen and oxygen atoms in total. The first kappa shape index (κ1) is 20.6. The molecule has 0 aliphatic heterocycles. The number of nitrogens with one attached hydrogen (secondary N) is 1. The molecule has 2 aromatic carbocycles. The lowest BCUT2D eigenvalue weighted by molar-refractivity contribution is -0.121. The van der Waals surface area contributed by atoms with E-state index in [9.17, 15) is 4.79 Å². The molecule has 1 N–H and O–H groups in total. The SMILES string of the molecule is CCC(CNC(=O)CCc1cc(OC)c(OC)c(OC)c1)c1ccccc1. The summed E-state index contributed by atoms with van der Waals surface area (Å²) in [5.41, 5.74) is 2.22. The minimum absolute atomic E-state index is 0.0399. The zero-order valence-corrected chi connectivity index (χ0v) is 16.6. The van der Waals surface area contributed by atoms with Gasteiger partial charge in [0.25, 0.3) is 0 Å². The Labute approximate surface area is 161 Å². The molecule has 1 unspecified atom stereocenters. The second kappa shape index (κ2) is 10.5. The van der Waals surface area contributed by atoms with Crippen LogP contribution in [0, 0.1) is 0 Å². The van der Waals surface area contributed by atoms with Crippen LogP contribution in [0.2, 0.25) is 0 Å². The van der Waals surface area contributed by atoms with Crippen LogP contribution in [-0.4, -0.2) is 33.8 Å². The molecule has 2 aromatic rings. The van der Waals surface area contributed by atoms with E-state index in [2.05, 4.69) is 24.4 Å². The summed E-state index contributed by atoms with van der Waals surface area (Å²) in [6.07, 6.45) is 1.99. The highest BCUT2D eigenvalue weighted by molar-refractivity contribution is 5.76. The number of benzene rings is 2. The van der Waals surface area contributed by atoms with Crippen LogP contribution in [0.4, 0.5) is 0 Å². The van der Waals surface area contributed by atoms with Crippen LogP contribution in [-0.2, 0) is 11.2 Å². The van der Waals surface area contributed by atoms with Gasteiger partial charge in [0.05, 0.1) is 21.3 Å². The molecule has 146 valence electrons. The van der Waals surface area contributed by atoms with Gasteiger partial charge in [0.1, 0.15) is 0 Å². The summed E-state index contributed by atoms with van der Waals surface area (Å²) >= 11 is 0. The molecule has 0 saturated carbocycles. The van der Waals surface area contributed by atoms with Gasteiger partial charge in [-0.3, -0.25) is 4.79 Å². The van der Waals surface area contributed by atoms with Gasteiger partial charge in [-0.05, 0) is 36.1 Å². The monoisotopic (exact) mass is 371 g/mol. The molecule has 0 aliphatic carbocycles. The van der Waals surface area contributed by atoms with Gasteiger partial charge in [0.15, 0.2) is 11.5 Å². The molecule has 0 aliphatic rings. The van der Waals surface area contributed by atoms with Gasteiger partial charge in [0.2, 0.25) is 11.7 Å². The van der Waals surface area contributed by atoms with Gasteiger partial charge >= 0.3 is 0 Å². The van der Waals surface area contributed by atoms with Gasteiger partial charge < -0.3 is 19.5 Å². The van der Waals surface area contributed by atoms with Crippen LogP contribution in [0.5, 0.6) is 17.2 Å². The van der Waals surface area contributed by atoms with Crippen LogP contribution in [0.25, 0.3) is 0 Å². The lowest BCUT2D eigenvalue weighted by atomic mass is 9.96. The zero-order valence-electron chi connectivity index (χ0n) is 16.6. The van der Waals surface area contributed by atoms with E-state index in [0.717, 1.165) is 12.0 Å². The number of hydrogen-bond donors (Lipinski definition) is 1. The van der Waals surface area contributed by atoms with Crippen LogP contribution < -0.4 is 19.5 Å². The lowest BCUT2D eigenvalue weighted by Crippen LogP contribution is -2.28. The van der Waals surface area contributed by atoms with Gasteiger partial charge in [0, 0.05) is 18.9 Å². The summed E-state index contributed by atoms with van der Waals surface area (Å²) in [4.78, 5) is 12.3. The third-order valence-electron chi connectivity index (χ3n) is 4.67. The minimum atomic E-state index is 0.0399. The molecule has 0 aromatic heterocycles. The van der Waals surface area contributed by atoms with Crippen molar-refractivity contribution in [3.05, 3.63) is 53.6 Å².